The van der Waals surface area contributed by atoms with Crippen LogP contribution in [0.2, 0.25) is 5.02 Å². The first kappa shape index (κ1) is 12.9. The van der Waals surface area contributed by atoms with Gasteiger partial charge in [-0.2, -0.15) is 0 Å². The number of anilines is 1. The highest BCUT2D eigenvalue weighted by Gasteiger charge is 2.38. The molecular weight excluding hydrogens is 290 g/mol. The van der Waals surface area contributed by atoms with Crippen molar-refractivity contribution in [3.63, 3.8) is 0 Å². The van der Waals surface area contributed by atoms with Crippen molar-refractivity contribution in [1.29, 1.82) is 0 Å². The molecule has 1 aromatic heterocycles. The molecule has 2 aliphatic rings. The lowest BCUT2D eigenvalue weighted by Gasteiger charge is -2.20. The van der Waals surface area contributed by atoms with E-state index in [0.29, 0.717) is 12.1 Å². The van der Waals surface area contributed by atoms with Crippen LogP contribution in [0.5, 0.6) is 0 Å². The Hall–Kier alpha value is -0.840. The van der Waals surface area contributed by atoms with E-state index < -0.39 is 0 Å². The van der Waals surface area contributed by atoms with Crippen LogP contribution in [0.3, 0.4) is 0 Å². The minimum Gasteiger partial charge on any atom is -0.378 e. The number of nitrogens with zero attached hydrogens (tertiary/aromatic N) is 2. The first-order valence-corrected chi connectivity index (χ1v) is 8.52. The molecule has 2 aromatic rings. The fraction of sp³-hybridized carbons (Fsp3) is 0.533. The molecule has 5 heteroatoms. The Morgan fingerprint density at radius 1 is 1.40 bits per heavy atom. The second-order valence-electron chi connectivity index (χ2n) is 5.98. The molecule has 0 spiro atoms. The predicted molar refractivity (Wildman–Crippen MR) is 85.8 cm³/mol. The number of fused-ring (bicyclic) bond motifs is 1. The minimum atomic E-state index is 0.482. The van der Waals surface area contributed by atoms with Gasteiger partial charge in [-0.15, -0.1) is 11.3 Å². The lowest BCUT2D eigenvalue weighted by atomic mass is 10.1. The maximum Gasteiger partial charge on any atom is 0.106 e. The summed E-state index contributed by atoms with van der Waals surface area (Å²) in [7, 11) is 0. The van der Waals surface area contributed by atoms with Crippen molar-refractivity contribution >= 4 is 38.8 Å². The van der Waals surface area contributed by atoms with Crippen LogP contribution in [0.4, 0.5) is 5.69 Å². The zero-order chi connectivity index (χ0) is 13.7. The summed E-state index contributed by atoms with van der Waals surface area (Å²) in [5.74, 6) is 0. The van der Waals surface area contributed by atoms with E-state index in [9.17, 15) is 0 Å². The Morgan fingerprint density at radius 3 is 3.05 bits per heavy atom. The molecule has 20 heavy (non-hydrogen) atoms. The van der Waals surface area contributed by atoms with Crippen LogP contribution in [0.15, 0.2) is 17.6 Å². The summed E-state index contributed by atoms with van der Waals surface area (Å²) in [4.78, 5) is 7.11. The molecule has 2 fully saturated rings. The molecule has 1 aliphatic carbocycles. The van der Waals surface area contributed by atoms with Crippen molar-refractivity contribution in [2.24, 2.45) is 0 Å². The fourth-order valence-corrected chi connectivity index (χ4v) is 4.22. The lowest BCUT2D eigenvalue weighted by molar-refractivity contribution is 0.257. The van der Waals surface area contributed by atoms with E-state index in [0.717, 1.165) is 28.8 Å². The van der Waals surface area contributed by atoms with Crippen molar-refractivity contribution in [1.82, 2.24) is 9.88 Å². The van der Waals surface area contributed by atoms with Gasteiger partial charge in [0.25, 0.3) is 0 Å². The van der Waals surface area contributed by atoms with Crippen LogP contribution < -0.4 is 5.32 Å². The van der Waals surface area contributed by atoms with Gasteiger partial charge in [0.15, 0.2) is 0 Å². The third-order valence-electron chi connectivity index (χ3n) is 4.44. The maximum absolute atomic E-state index is 6.37. The Morgan fingerprint density at radius 2 is 2.25 bits per heavy atom. The van der Waals surface area contributed by atoms with Gasteiger partial charge in [-0.1, -0.05) is 11.6 Å². The molecule has 2 unspecified atom stereocenters. The SMILES string of the molecule is CC1CC(Nc2c(Cl)ccc3scnc23)CN1C1CC1. The van der Waals surface area contributed by atoms with Crippen molar-refractivity contribution in [2.75, 3.05) is 11.9 Å². The molecule has 106 valence electrons. The van der Waals surface area contributed by atoms with Crippen LogP contribution in [0.1, 0.15) is 26.2 Å². The van der Waals surface area contributed by atoms with Crippen molar-refractivity contribution in [2.45, 2.75) is 44.3 Å². The number of halogens is 1. The Labute approximate surface area is 127 Å². The van der Waals surface area contributed by atoms with E-state index in [1.807, 2.05) is 17.6 Å². The van der Waals surface area contributed by atoms with Crippen LogP contribution >= 0.6 is 22.9 Å². The van der Waals surface area contributed by atoms with E-state index in [4.69, 9.17) is 11.6 Å². The van der Waals surface area contributed by atoms with Gasteiger partial charge < -0.3 is 5.32 Å². The third kappa shape index (κ3) is 2.20. The van der Waals surface area contributed by atoms with E-state index in [2.05, 4.69) is 22.1 Å². The summed E-state index contributed by atoms with van der Waals surface area (Å²) >= 11 is 8.04. The molecule has 1 saturated carbocycles. The topological polar surface area (TPSA) is 28.2 Å². The zero-order valence-corrected chi connectivity index (χ0v) is 13.0. The molecule has 1 aromatic carbocycles. The number of benzene rings is 1. The van der Waals surface area contributed by atoms with Gasteiger partial charge in [0.2, 0.25) is 0 Å². The van der Waals surface area contributed by atoms with Crippen molar-refractivity contribution in [3.8, 4) is 0 Å². The predicted octanol–water partition coefficient (Wildman–Crippen LogP) is 3.99. The molecule has 0 radical (unpaired) electrons. The molecule has 1 aliphatic heterocycles. The van der Waals surface area contributed by atoms with Crippen molar-refractivity contribution < 1.29 is 0 Å². The minimum absolute atomic E-state index is 0.482. The molecule has 2 atom stereocenters. The first-order chi connectivity index (χ1) is 9.72. The highest BCUT2D eigenvalue weighted by molar-refractivity contribution is 7.16. The number of aromatic nitrogens is 1. The van der Waals surface area contributed by atoms with Crippen molar-refractivity contribution in [3.05, 3.63) is 22.7 Å². The van der Waals surface area contributed by atoms with Gasteiger partial charge in [-0.25, -0.2) is 4.98 Å². The number of nitrogens with one attached hydrogen (secondary N) is 1. The number of thiazole rings is 1. The summed E-state index contributed by atoms with van der Waals surface area (Å²) in [5, 5.41) is 4.43. The Bertz CT molecular complexity index is 637. The maximum atomic E-state index is 6.37. The Balaban J connectivity index is 1.58. The summed E-state index contributed by atoms with van der Waals surface area (Å²) in [6.07, 6.45) is 3.94. The highest BCUT2D eigenvalue weighted by atomic mass is 35.5. The van der Waals surface area contributed by atoms with Gasteiger partial charge in [0.1, 0.15) is 5.52 Å². The fourth-order valence-electron chi connectivity index (χ4n) is 3.32. The molecule has 0 amide bonds. The molecular formula is C15H18ClN3S. The van der Waals surface area contributed by atoms with Crippen LogP contribution in [-0.2, 0) is 0 Å². The van der Waals surface area contributed by atoms with Crippen LogP contribution in [0, 0.1) is 0 Å². The van der Waals surface area contributed by atoms with Gasteiger partial charge in [-0.05, 0) is 38.3 Å². The lowest BCUT2D eigenvalue weighted by Crippen LogP contribution is -2.31. The van der Waals surface area contributed by atoms with E-state index in [1.165, 1.54) is 24.0 Å². The summed E-state index contributed by atoms with van der Waals surface area (Å²) < 4.78 is 1.20. The zero-order valence-electron chi connectivity index (χ0n) is 11.5. The standard InChI is InChI=1S/C15H18ClN3S/c1-9-6-10(7-19(9)11-2-3-11)18-14-12(16)4-5-13-15(14)17-8-20-13/h4-5,8-11,18H,2-3,6-7H2,1H3. The van der Waals surface area contributed by atoms with Crippen LogP contribution in [-0.4, -0.2) is 34.6 Å². The summed E-state index contributed by atoms with van der Waals surface area (Å²) in [5.41, 5.74) is 3.92. The largest absolute Gasteiger partial charge is 0.378 e. The number of hydrogen-bond donors (Lipinski definition) is 1. The number of hydrogen-bond acceptors (Lipinski definition) is 4. The Kier molecular flexibility index (Phi) is 3.13. The highest BCUT2D eigenvalue weighted by Crippen LogP contribution is 2.37. The second kappa shape index (κ2) is 4.86. The molecule has 3 nitrogen and oxygen atoms in total. The summed E-state index contributed by atoms with van der Waals surface area (Å²) in [6.45, 7) is 3.47. The average Bonchev–Trinajstić information content (AvgIpc) is 3.04. The van der Waals surface area contributed by atoms with Gasteiger partial charge in [0, 0.05) is 24.7 Å². The molecule has 4 rings (SSSR count). The monoisotopic (exact) mass is 307 g/mol. The summed E-state index contributed by atoms with van der Waals surface area (Å²) in [6, 6.07) is 6.02. The van der Waals surface area contributed by atoms with Gasteiger partial charge in [-0.3, -0.25) is 4.90 Å². The molecule has 2 heterocycles. The third-order valence-corrected chi connectivity index (χ3v) is 5.55. The molecule has 1 saturated heterocycles. The van der Waals surface area contributed by atoms with E-state index >= 15 is 0 Å². The molecule has 0 bridgehead atoms. The molecule has 1 N–H and O–H groups in total. The van der Waals surface area contributed by atoms with Gasteiger partial charge >= 0.3 is 0 Å². The quantitative estimate of drug-likeness (QED) is 0.929. The number of rotatable bonds is 3. The smallest absolute Gasteiger partial charge is 0.106 e. The van der Waals surface area contributed by atoms with Gasteiger partial charge in [0.05, 0.1) is 20.9 Å². The van der Waals surface area contributed by atoms with E-state index in [-0.39, 0.29) is 0 Å². The van der Waals surface area contributed by atoms with Crippen LogP contribution in [0.25, 0.3) is 10.2 Å². The first-order valence-electron chi connectivity index (χ1n) is 7.26. The number of likely N-dealkylation sites (tertiary alicyclic amines) is 1. The second-order valence-corrected chi connectivity index (χ2v) is 7.27. The normalized spacial score (nSPS) is 27.3. The van der Waals surface area contributed by atoms with E-state index in [1.54, 1.807) is 11.3 Å². The average molecular weight is 308 g/mol.